The molecule has 0 aliphatic rings. The van der Waals surface area contributed by atoms with Gasteiger partial charge in [0.15, 0.2) is 0 Å². The summed E-state index contributed by atoms with van der Waals surface area (Å²) in [6, 6.07) is 21.9. The van der Waals surface area contributed by atoms with Gasteiger partial charge in [0, 0.05) is 19.5 Å². The number of amides is 2. The van der Waals surface area contributed by atoms with Crippen molar-refractivity contribution in [2.24, 2.45) is 0 Å². The van der Waals surface area contributed by atoms with Crippen molar-refractivity contribution >= 4 is 27.5 Å². The maximum absolute atomic E-state index is 14.1. The van der Waals surface area contributed by atoms with E-state index < -0.39 is 28.5 Å². The van der Waals surface area contributed by atoms with E-state index in [1.54, 1.807) is 12.1 Å². The van der Waals surface area contributed by atoms with Crippen LogP contribution in [0.15, 0.2) is 72.8 Å². The van der Waals surface area contributed by atoms with Crippen LogP contribution in [0.25, 0.3) is 0 Å². The number of rotatable bonds is 12. The molecule has 3 rings (SSSR count). The largest absolute Gasteiger partial charge is 0.354 e. The standard InChI is InChI=1S/C31H39N3O4S/c1-6-19-32-31(36)29(20-26-12-8-7-9-13-26)33(21-27-17-15-23(2)16-18-27)30(35)22-34(39(5,37)38)28-14-10-11-24(3)25(28)4/h7-18,29H,6,19-22H2,1-5H3,(H,32,36)/t29-/m0/s1. The lowest BCUT2D eigenvalue weighted by Crippen LogP contribution is -2.53. The van der Waals surface area contributed by atoms with E-state index in [0.717, 1.165) is 44.8 Å². The predicted molar refractivity (Wildman–Crippen MR) is 157 cm³/mol. The molecule has 0 aliphatic carbocycles. The minimum Gasteiger partial charge on any atom is -0.354 e. The maximum Gasteiger partial charge on any atom is 0.244 e. The SMILES string of the molecule is CCCNC(=O)[C@H](Cc1ccccc1)N(Cc1ccc(C)cc1)C(=O)CN(c1cccc(C)c1C)S(C)(=O)=O. The van der Waals surface area contributed by atoms with E-state index in [2.05, 4.69) is 5.32 Å². The van der Waals surface area contributed by atoms with Gasteiger partial charge in [-0.05, 0) is 55.5 Å². The lowest BCUT2D eigenvalue weighted by atomic mass is 10.0. The normalized spacial score (nSPS) is 12.0. The van der Waals surface area contributed by atoms with Crippen molar-refractivity contribution < 1.29 is 18.0 Å². The van der Waals surface area contributed by atoms with E-state index in [9.17, 15) is 18.0 Å². The van der Waals surface area contributed by atoms with Crippen molar-refractivity contribution in [2.45, 2.75) is 53.1 Å². The Bertz CT molecular complexity index is 1370. The smallest absolute Gasteiger partial charge is 0.244 e. The zero-order valence-corrected chi connectivity index (χ0v) is 24.3. The van der Waals surface area contributed by atoms with Gasteiger partial charge in [0.05, 0.1) is 11.9 Å². The van der Waals surface area contributed by atoms with E-state index >= 15 is 0 Å². The Kier molecular flexibility index (Phi) is 10.3. The third-order valence-electron chi connectivity index (χ3n) is 6.82. The summed E-state index contributed by atoms with van der Waals surface area (Å²) in [5.74, 6) is -0.715. The van der Waals surface area contributed by atoms with Crippen LogP contribution in [0.1, 0.15) is 41.2 Å². The molecule has 2 amide bonds. The van der Waals surface area contributed by atoms with Crippen molar-refractivity contribution in [3.8, 4) is 0 Å². The molecule has 0 aromatic heterocycles. The monoisotopic (exact) mass is 549 g/mol. The molecule has 0 aliphatic heterocycles. The molecule has 0 spiro atoms. The molecule has 208 valence electrons. The summed E-state index contributed by atoms with van der Waals surface area (Å²) in [6.07, 6.45) is 2.16. The highest BCUT2D eigenvalue weighted by molar-refractivity contribution is 7.92. The summed E-state index contributed by atoms with van der Waals surface area (Å²) in [5.41, 5.74) is 5.00. The molecule has 3 aromatic rings. The number of sulfonamides is 1. The molecule has 0 heterocycles. The summed E-state index contributed by atoms with van der Waals surface area (Å²) in [7, 11) is -3.80. The number of hydrogen-bond acceptors (Lipinski definition) is 4. The molecule has 0 saturated carbocycles. The predicted octanol–water partition coefficient (Wildman–Crippen LogP) is 4.54. The Balaban J connectivity index is 2.06. The van der Waals surface area contributed by atoms with E-state index in [-0.39, 0.29) is 12.5 Å². The van der Waals surface area contributed by atoms with Gasteiger partial charge in [0.25, 0.3) is 0 Å². The number of carbonyl (C=O) groups excluding carboxylic acids is 2. The lowest BCUT2D eigenvalue weighted by Gasteiger charge is -2.34. The molecule has 0 bridgehead atoms. The molecular weight excluding hydrogens is 510 g/mol. The summed E-state index contributed by atoms with van der Waals surface area (Å²) >= 11 is 0. The van der Waals surface area contributed by atoms with Crippen LogP contribution >= 0.6 is 0 Å². The van der Waals surface area contributed by atoms with Crippen LogP contribution in [0.4, 0.5) is 5.69 Å². The zero-order chi connectivity index (χ0) is 28.6. The quantitative estimate of drug-likeness (QED) is 0.359. The molecule has 0 saturated heterocycles. The maximum atomic E-state index is 14.1. The summed E-state index contributed by atoms with van der Waals surface area (Å²) in [6.45, 7) is 7.93. The Morgan fingerprint density at radius 1 is 0.872 bits per heavy atom. The van der Waals surface area contributed by atoms with Gasteiger partial charge in [0.1, 0.15) is 12.6 Å². The molecule has 1 N–H and O–H groups in total. The number of anilines is 1. The van der Waals surface area contributed by atoms with Crippen LogP contribution in [0.2, 0.25) is 0 Å². The first-order valence-electron chi connectivity index (χ1n) is 13.2. The van der Waals surface area contributed by atoms with Gasteiger partial charge in [-0.25, -0.2) is 8.42 Å². The first kappa shape index (κ1) is 29.9. The van der Waals surface area contributed by atoms with Crippen LogP contribution in [0.3, 0.4) is 0 Å². The second-order valence-electron chi connectivity index (χ2n) is 9.99. The van der Waals surface area contributed by atoms with Crippen LogP contribution in [-0.4, -0.2) is 50.5 Å². The molecule has 39 heavy (non-hydrogen) atoms. The first-order chi connectivity index (χ1) is 18.5. The third kappa shape index (κ3) is 8.17. The van der Waals surface area contributed by atoms with E-state index in [0.29, 0.717) is 18.7 Å². The third-order valence-corrected chi connectivity index (χ3v) is 7.94. The Morgan fingerprint density at radius 3 is 2.15 bits per heavy atom. The van der Waals surface area contributed by atoms with Crippen LogP contribution in [0, 0.1) is 20.8 Å². The molecule has 0 fully saturated rings. The molecule has 1 atom stereocenters. The van der Waals surface area contributed by atoms with Crippen molar-refractivity contribution in [1.29, 1.82) is 0 Å². The molecule has 3 aromatic carbocycles. The van der Waals surface area contributed by atoms with Crippen LogP contribution in [0.5, 0.6) is 0 Å². The Morgan fingerprint density at radius 2 is 1.54 bits per heavy atom. The number of carbonyl (C=O) groups is 2. The van der Waals surface area contributed by atoms with Gasteiger partial charge in [-0.1, -0.05) is 79.2 Å². The minimum atomic E-state index is -3.80. The molecule has 0 unspecified atom stereocenters. The van der Waals surface area contributed by atoms with Gasteiger partial charge in [-0.2, -0.15) is 0 Å². The second-order valence-corrected chi connectivity index (χ2v) is 11.9. The van der Waals surface area contributed by atoms with Gasteiger partial charge in [-0.15, -0.1) is 0 Å². The number of nitrogens with zero attached hydrogens (tertiary/aromatic N) is 2. The molecule has 0 radical (unpaired) electrons. The highest BCUT2D eigenvalue weighted by Gasteiger charge is 2.33. The fourth-order valence-electron chi connectivity index (χ4n) is 4.41. The van der Waals surface area contributed by atoms with Gasteiger partial charge in [-0.3, -0.25) is 13.9 Å². The average molecular weight is 550 g/mol. The van der Waals surface area contributed by atoms with E-state index in [1.807, 2.05) is 88.4 Å². The zero-order valence-electron chi connectivity index (χ0n) is 23.5. The van der Waals surface area contributed by atoms with E-state index in [1.165, 1.54) is 4.90 Å². The second kappa shape index (κ2) is 13.4. The van der Waals surface area contributed by atoms with Crippen molar-refractivity contribution in [2.75, 3.05) is 23.7 Å². The fourth-order valence-corrected chi connectivity index (χ4v) is 5.31. The molecule has 8 heteroatoms. The Labute approximate surface area is 232 Å². The van der Waals surface area contributed by atoms with Crippen molar-refractivity contribution in [3.63, 3.8) is 0 Å². The highest BCUT2D eigenvalue weighted by Crippen LogP contribution is 2.26. The highest BCUT2D eigenvalue weighted by atomic mass is 32.2. The summed E-state index contributed by atoms with van der Waals surface area (Å²) in [4.78, 5) is 29.1. The van der Waals surface area contributed by atoms with Crippen molar-refractivity contribution in [1.82, 2.24) is 10.2 Å². The minimum absolute atomic E-state index is 0.167. The topological polar surface area (TPSA) is 86.8 Å². The lowest BCUT2D eigenvalue weighted by molar-refractivity contribution is -0.140. The summed E-state index contributed by atoms with van der Waals surface area (Å²) < 4.78 is 27.1. The van der Waals surface area contributed by atoms with Crippen molar-refractivity contribution in [3.05, 3.63) is 101 Å². The number of hydrogen-bond donors (Lipinski definition) is 1. The van der Waals surface area contributed by atoms with Gasteiger partial charge < -0.3 is 10.2 Å². The fraction of sp³-hybridized carbons (Fsp3) is 0.355. The van der Waals surface area contributed by atoms with Gasteiger partial charge >= 0.3 is 0 Å². The average Bonchev–Trinajstić information content (AvgIpc) is 2.90. The first-order valence-corrected chi connectivity index (χ1v) is 15.1. The number of benzene rings is 3. The molecular formula is C31H39N3O4S. The molecule has 7 nitrogen and oxygen atoms in total. The number of nitrogens with one attached hydrogen (secondary N) is 1. The van der Waals surface area contributed by atoms with Crippen LogP contribution < -0.4 is 9.62 Å². The van der Waals surface area contributed by atoms with Crippen LogP contribution in [-0.2, 0) is 32.6 Å². The number of aryl methyl sites for hydroxylation is 2. The Hall–Kier alpha value is -3.65. The van der Waals surface area contributed by atoms with E-state index in [4.69, 9.17) is 0 Å². The summed E-state index contributed by atoms with van der Waals surface area (Å²) in [5, 5.41) is 2.95. The van der Waals surface area contributed by atoms with Gasteiger partial charge in [0.2, 0.25) is 21.8 Å².